The van der Waals surface area contributed by atoms with Gasteiger partial charge in [0.05, 0.1) is 0 Å². The fraction of sp³-hybridized carbons (Fsp3) is 0.923. The van der Waals surface area contributed by atoms with Crippen molar-refractivity contribution in [1.82, 2.24) is 0 Å². The lowest BCUT2D eigenvalue weighted by atomic mass is 9.85. The van der Waals surface area contributed by atoms with Gasteiger partial charge in [0.25, 0.3) is 0 Å². The van der Waals surface area contributed by atoms with Crippen molar-refractivity contribution >= 4 is 5.78 Å². The van der Waals surface area contributed by atoms with E-state index in [0.717, 1.165) is 19.3 Å². The van der Waals surface area contributed by atoms with Crippen LogP contribution in [0.2, 0.25) is 0 Å². The summed E-state index contributed by atoms with van der Waals surface area (Å²) >= 11 is 0. The van der Waals surface area contributed by atoms with Crippen LogP contribution in [-0.2, 0) is 4.79 Å². The summed E-state index contributed by atoms with van der Waals surface area (Å²) in [7, 11) is 0. The predicted molar refractivity (Wildman–Crippen MR) is 63.6 cm³/mol. The first-order chi connectivity index (χ1) is 6.88. The van der Waals surface area contributed by atoms with E-state index in [9.17, 15) is 4.79 Å². The van der Waals surface area contributed by atoms with Gasteiger partial charge in [-0.2, -0.15) is 0 Å². The molecule has 2 heteroatoms. The van der Waals surface area contributed by atoms with Crippen LogP contribution in [0.4, 0.5) is 0 Å². The Kier molecular flexibility index (Phi) is 4.32. The Balaban J connectivity index is 2.30. The molecule has 88 valence electrons. The second-order valence-corrected chi connectivity index (χ2v) is 6.18. The summed E-state index contributed by atoms with van der Waals surface area (Å²) in [5.41, 5.74) is 6.24. The van der Waals surface area contributed by atoms with E-state index in [4.69, 9.17) is 5.73 Å². The highest BCUT2D eigenvalue weighted by Gasteiger charge is 2.25. The van der Waals surface area contributed by atoms with E-state index in [2.05, 4.69) is 20.8 Å². The Hall–Kier alpha value is -0.370. The van der Waals surface area contributed by atoms with Crippen LogP contribution in [0.15, 0.2) is 0 Å². The highest BCUT2D eigenvalue weighted by Crippen LogP contribution is 2.28. The molecule has 0 aromatic rings. The van der Waals surface area contributed by atoms with Crippen LogP contribution in [-0.4, -0.2) is 11.8 Å². The highest BCUT2D eigenvalue weighted by atomic mass is 16.1. The first kappa shape index (κ1) is 12.7. The van der Waals surface area contributed by atoms with Crippen molar-refractivity contribution in [2.45, 2.75) is 65.3 Å². The van der Waals surface area contributed by atoms with Crippen LogP contribution in [0, 0.1) is 11.3 Å². The maximum atomic E-state index is 11.9. The molecule has 0 bridgehead atoms. The van der Waals surface area contributed by atoms with Gasteiger partial charge < -0.3 is 5.73 Å². The van der Waals surface area contributed by atoms with Crippen LogP contribution in [0.1, 0.15) is 59.3 Å². The number of hydrogen-bond acceptors (Lipinski definition) is 2. The van der Waals surface area contributed by atoms with Crippen molar-refractivity contribution in [2.24, 2.45) is 17.1 Å². The number of Topliss-reactive ketones (excluding diaryl/α,β-unsaturated/α-hetero) is 1. The smallest absolute Gasteiger partial charge is 0.137 e. The fourth-order valence-corrected chi connectivity index (χ4v) is 2.53. The number of nitrogens with two attached hydrogens (primary N) is 1. The molecule has 2 nitrogen and oxygen atoms in total. The van der Waals surface area contributed by atoms with Gasteiger partial charge in [-0.3, -0.25) is 4.79 Å². The molecule has 0 heterocycles. The van der Waals surface area contributed by atoms with Gasteiger partial charge in [-0.1, -0.05) is 33.6 Å². The van der Waals surface area contributed by atoms with E-state index in [1.807, 2.05) is 0 Å². The van der Waals surface area contributed by atoms with E-state index in [1.54, 1.807) is 0 Å². The molecule has 0 aromatic heterocycles. The maximum Gasteiger partial charge on any atom is 0.137 e. The van der Waals surface area contributed by atoms with Crippen molar-refractivity contribution in [3.05, 3.63) is 0 Å². The first-order valence-electron chi connectivity index (χ1n) is 6.17. The van der Waals surface area contributed by atoms with Gasteiger partial charge in [0, 0.05) is 18.4 Å². The molecule has 1 unspecified atom stereocenters. The average Bonchev–Trinajstić information content (AvgIpc) is 2.50. The minimum Gasteiger partial charge on any atom is -0.327 e. The molecule has 1 aliphatic carbocycles. The Bertz CT molecular complexity index is 211. The summed E-state index contributed by atoms with van der Waals surface area (Å²) < 4.78 is 0. The Morgan fingerprint density at radius 2 is 1.87 bits per heavy atom. The quantitative estimate of drug-likeness (QED) is 0.777. The summed E-state index contributed by atoms with van der Waals surface area (Å²) in [5, 5.41) is 0. The summed E-state index contributed by atoms with van der Waals surface area (Å²) in [5.74, 6) is 0.736. The van der Waals surface area contributed by atoms with Crippen molar-refractivity contribution in [3.8, 4) is 0 Å². The van der Waals surface area contributed by atoms with Crippen molar-refractivity contribution < 1.29 is 4.79 Å². The molecular formula is C13H25NO. The molecule has 1 saturated carbocycles. The number of hydrogen-bond donors (Lipinski definition) is 1. The second kappa shape index (κ2) is 5.11. The van der Waals surface area contributed by atoms with Gasteiger partial charge in [0.1, 0.15) is 5.78 Å². The van der Waals surface area contributed by atoms with Gasteiger partial charge >= 0.3 is 0 Å². The van der Waals surface area contributed by atoms with Crippen LogP contribution >= 0.6 is 0 Å². The lowest BCUT2D eigenvalue weighted by Gasteiger charge is -2.23. The number of ketones is 1. The molecular weight excluding hydrogens is 186 g/mol. The molecule has 0 aromatic carbocycles. The molecule has 0 spiro atoms. The predicted octanol–water partition coefficient (Wildman–Crippen LogP) is 2.90. The van der Waals surface area contributed by atoms with Crippen LogP contribution in [0.5, 0.6) is 0 Å². The first-order valence-corrected chi connectivity index (χ1v) is 6.17. The largest absolute Gasteiger partial charge is 0.327 e. The number of carbonyl (C=O) groups is 1. The third kappa shape index (κ3) is 4.78. The summed E-state index contributed by atoms with van der Waals surface area (Å²) in [6.45, 7) is 6.52. The topological polar surface area (TPSA) is 43.1 Å². The van der Waals surface area contributed by atoms with E-state index in [1.165, 1.54) is 12.8 Å². The van der Waals surface area contributed by atoms with E-state index < -0.39 is 0 Å². The molecule has 0 radical (unpaired) electrons. The second-order valence-electron chi connectivity index (χ2n) is 6.18. The van der Waals surface area contributed by atoms with E-state index >= 15 is 0 Å². The molecule has 2 N–H and O–H groups in total. The van der Waals surface area contributed by atoms with Crippen molar-refractivity contribution in [2.75, 3.05) is 0 Å². The minimum absolute atomic E-state index is 0.0538. The van der Waals surface area contributed by atoms with Gasteiger partial charge in [0.15, 0.2) is 0 Å². The molecule has 15 heavy (non-hydrogen) atoms. The maximum absolute atomic E-state index is 11.9. The van der Waals surface area contributed by atoms with Gasteiger partial charge in [0.2, 0.25) is 0 Å². The van der Waals surface area contributed by atoms with Crippen LogP contribution in [0.25, 0.3) is 0 Å². The van der Waals surface area contributed by atoms with Crippen LogP contribution < -0.4 is 5.73 Å². The average molecular weight is 211 g/mol. The molecule has 0 amide bonds. The third-order valence-electron chi connectivity index (χ3n) is 3.15. The van der Waals surface area contributed by atoms with E-state index in [-0.39, 0.29) is 11.5 Å². The zero-order chi connectivity index (χ0) is 11.5. The molecule has 0 aliphatic heterocycles. The standard InChI is InChI=1S/C13H25NO/c1-13(2,3)9-11(14)8-12(15)10-6-4-5-7-10/h10-11H,4-9,14H2,1-3H3. The minimum atomic E-state index is 0.0538. The molecule has 1 fully saturated rings. The molecule has 1 aliphatic rings. The number of carbonyl (C=O) groups excluding carboxylic acids is 1. The summed E-state index contributed by atoms with van der Waals surface area (Å²) in [6.07, 6.45) is 6.17. The lowest BCUT2D eigenvalue weighted by molar-refractivity contribution is -0.123. The van der Waals surface area contributed by atoms with E-state index in [0.29, 0.717) is 18.1 Å². The van der Waals surface area contributed by atoms with Gasteiger partial charge in [-0.05, 0) is 24.7 Å². The molecule has 1 atom stereocenters. The Morgan fingerprint density at radius 1 is 1.33 bits per heavy atom. The molecule has 1 rings (SSSR count). The highest BCUT2D eigenvalue weighted by molar-refractivity contribution is 5.81. The fourth-order valence-electron chi connectivity index (χ4n) is 2.53. The normalized spacial score (nSPS) is 20.5. The third-order valence-corrected chi connectivity index (χ3v) is 3.15. The van der Waals surface area contributed by atoms with Gasteiger partial charge in [-0.25, -0.2) is 0 Å². The van der Waals surface area contributed by atoms with Crippen molar-refractivity contribution in [1.29, 1.82) is 0 Å². The Morgan fingerprint density at radius 3 is 2.33 bits per heavy atom. The molecule has 0 saturated heterocycles. The Labute approximate surface area is 93.6 Å². The summed E-state index contributed by atoms with van der Waals surface area (Å²) in [6, 6.07) is 0.0538. The van der Waals surface area contributed by atoms with Crippen LogP contribution in [0.3, 0.4) is 0 Å². The van der Waals surface area contributed by atoms with Crippen molar-refractivity contribution in [3.63, 3.8) is 0 Å². The number of rotatable bonds is 4. The van der Waals surface area contributed by atoms with Gasteiger partial charge in [-0.15, -0.1) is 0 Å². The SMILES string of the molecule is CC(C)(C)CC(N)CC(=O)C1CCCC1. The zero-order valence-electron chi connectivity index (χ0n) is 10.4. The monoisotopic (exact) mass is 211 g/mol. The summed E-state index contributed by atoms with van der Waals surface area (Å²) in [4.78, 5) is 11.9. The lowest BCUT2D eigenvalue weighted by Crippen LogP contribution is -2.30. The zero-order valence-corrected chi connectivity index (χ0v) is 10.4.